The van der Waals surface area contributed by atoms with Gasteiger partial charge < -0.3 is 9.84 Å². The highest BCUT2D eigenvalue weighted by molar-refractivity contribution is 5.81. The van der Waals surface area contributed by atoms with Crippen molar-refractivity contribution in [1.82, 2.24) is 4.90 Å². The standard InChI is InChI=1S/C13H21NO4/c1-12(2,3)18-11(17)14-9(10(15)16)5-4-6-13(14)7-8-13/h9H,4-8H2,1-3H3,(H,15,16). The maximum Gasteiger partial charge on any atom is 0.411 e. The maximum absolute atomic E-state index is 12.2. The summed E-state index contributed by atoms with van der Waals surface area (Å²) in [5.74, 6) is -0.924. The van der Waals surface area contributed by atoms with E-state index < -0.39 is 23.7 Å². The SMILES string of the molecule is CC(C)(C)OC(=O)N1C(C(=O)O)CCCC12CC2. The number of likely N-dealkylation sites (tertiary alicyclic amines) is 1. The molecule has 5 nitrogen and oxygen atoms in total. The maximum atomic E-state index is 12.2. The molecule has 5 heteroatoms. The van der Waals surface area contributed by atoms with Crippen molar-refractivity contribution in [1.29, 1.82) is 0 Å². The van der Waals surface area contributed by atoms with Crippen LogP contribution in [0.15, 0.2) is 0 Å². The van der Waals surface area contributed by atoms with Gasteiger partial charge in [-0.15, -0.1) is 0 Å². The zero-order valence-electron chi connectivity index (χ0n) is 11.2. The van der Waals surface area contributed by atoms with Gasteiger partial charge in [0.15, 0.2) is 0 Å². The molecule has 0 bridgehead atoms. The quantitative estimate of drug-likeness (QED) is 0.781. The number of aliphatic carboxylic acids is 1. The normalized spacial score (nSPS) is 25.9. The number of carboxylic acid groups (broad SMARTS) is 1. The summed E-state index contributed by atoms with van der Waals surface area (Å²) < 4.78 is 5.36. The first-order valence-corrected chi connectivity index (χ1v) is 6.50. The number of carbonyl (C=O) groups is 2. The van der Waals surface area contributed by atoms with Crippen molar-refractivity contribution >= 4 is 12.1 Å². The Hall–Kier alpha value is -1.26. The Kier molecular flexibility index (Phi) is 3.03. The van der Waals surface area contributed by atoms with E-state index in [-0.39, 0.29) is 5.54 Å². The van der Waals surface area contributed by atoms with Crippen LogP contribution in [0.3, 0.4) is 0 Å². The molecule has 102 valence electrons. The highest BCUT2D eigenvalue weighted by atomic mass is 16.6. The summed E-state index contributed by atoms with van der Waals surface area (Å²) in [6.45, 7) is 5.39. The first kappa shape index (κ1) is 13.2. The second-order valence-corrected chi connectivity index (χ2v) is 6.32. The van der Waals surface area contributed by atoms with E-state index in [0.717, 1.165) is 25.7 Å². The van der Waals surface area contributed by atoms with Gasteiger partial charge >= 0.3 is 12.1 Å². The van der Waals surface area contributed by atoms with Crippen LogP contribution < -0.4 is 0 Å². The van der Waals surface area contributed by atoms with Gasteiger partial charge in [0.2, 0.25) is 0 Å². The lowest BCUT2D eigenvalue weighted by atomic mass is 9.94. The number of amides is 1. The first-order valence-electron chi connectivity index (χ1n) is 6.50. The summed E-state index contributed by atoms with van der Waals surface area (Å²) in [4.78, 5) is 25.0. The van der Waals surface area contributed by atoms with E-state index >= 15 is 0 Å². The summed E-state index contributed by atoms with van der Waals surface area (Å²) in [5.41, 5.74) is -0.822. The molecule has 0 aromatic carbocycles. The smallest absolute Gasteiger partial charge is 0.411 e. The van der Waals surface area contributed by atoms with Gasteiger partial charge in [-0.2, -0.15) is 0 Å². The second-order valence-electron chi connectivity index (χ2n) is 6.32. The van der Waals surface area contributed by atoms with Crippen LogP contribution in [0.25, 0.3) is 0 Å². The van der Waals surface area contributed by atoms with Gasteiger partial charge in [-0.3, -0.25) is 4.90 Å². The predicted molar refractivity (Wildman–Crippen MR) is 65.3 cm³/mol. The Balaban J connectivity index is 2.19. The largest absolute Gasteiger partial charge is 0.480 e. The van der Waals surface area contributed by atoms with Crippen molar-refractivity contribution in [2.45, 2.75) is 70.1 Å². The third kappa shape index (κ3) is 2.44. The average Bonchev–Trinajstić information content (AvgIpc) is 2.94. The number of nitrogens with zero attached hydrogens (tertiary/aromatic N) is 1. The van der Waals surface area contributed by atoms with Crippen LogP contribution in [0.4, 0.5) is 4.79 Å². The first-order chi connectivity index (χ1) is 8.25. The Morgan fingerprint density at radius 2 is 1.89 bits per heavy atom. The van der Waals surface area contributed by atoms with Crippen molar-refractivity contribution in [2.24, 2.45) is 0 Å². The molecule has 1 saturated carbocycles. The van der Waals surface area contributed by atoms with E-state index in [1.807, 2.05) is 0 Å². The zero-order chi connectivity index (χ0) is 13.6. The molecule has 0 radical (unpaired) electrons. The third-order valence-corrected chi connectivity index (χ3v) is 3.64. The number of ether oxygens (including phenoxy) is 1. The minimum Gasteiger partial charge on any atom is -0.480 e. The van der Waals surface area contributed by atoms with Gasteiger partial charge in [0.05, 0.1) is 0 Å². The molecule has 2 rings (SSSR count). The van der Waals surface area contributed by atoms with E-state index in [1.165, 1.54) is 4.90 Å². The minimum atomic E-state index is -0.924. The fourth-order valence-corrected chi connectivity index (χ4v) is 2.71. The molecule has 1 unspecified atom stereocenters. The number of piperidine rings is 1. The van der Waals surface area contributed by atoms with Gasteiger partial charge in [-0.25, -0.2) is 9.59 Å². The number of carboxylic acids is 1. The molecule has 1 N–H and O–H groups in total. The van der Waals surface area contributed by atoms with E-state index in [9.17, 15) is 14.7 Å². The number of carbonyl (C=O) groups excluding carboxylic acids is 1. The van der Waals surface area contributed by atoms with Crippen LogP contribution >= 0.6 is 0 Å². The molecule has 0 aromatic heterocycles. The molecule has 2 fully saturated rings. The summed E-state index contributed by atoms with van der Waals surface area (Å²) in [7, 11) is 0. The van der Waals surface area contributed by atoms with E-state index in [0.29, 0.717) is 6.42 Å². The fourth-order valence-electron chi connectivity index (χ4n) is 2.71. The van der Waals surface area contributed by atoms with Crippen LogP contribution in [0, 0.1) is 0 Å². The molecule has 1 saturated heterocycles. The number of hydrogen-bond acceptors (Lipinski definition) is 3. The lowest BCUT2D eigenvalue weighted by Crippen LogP contribution is -2.56. The van der Waals surface area contributed by atoms with Crippen molar-refractivity contribution in [3.05, 3.63) is 0 Å². The minimum absolute atomic E-state index is 0.232. The molecule has 1 aliphatic carbocycles. The van der Waals surface area contributed by atoms with Crippen molar-refractivity contribution < 1.29 is 19.4 Å². The molecule has 0 aromatic rings. The molecule has 1 atom stereocenters. The fraction of sp³-hybridized carbons (Fsp3) is 0.846. The molecular weight excluding hydrogens is 234 g/mol. The summed E-state index contributed by atoms with van der Waals surface area (Å²) >= 11 is 0. The zero-order valence-corrected chi connectivity index (χ0v) is 11.2. The van der Waals surface area contributed by atoms with Gasteiger partial charge in [-0.05, 0) is 52.9 Å². The lowest BCUT2D eigenvalue weighted by molar-refractivity contribution is -0.146. The van der Waals surface area contributed by atoms with Gasteiger partial charge in [-0.1, -0.05) is 0 Å². The Labute approximate surface area is 107 Å². The second kappa shape index (κ2) is 4.14. The molecule has 1 spiro atoms. The summed E-state index contributed by atoms with van der Waals surface area (Å²) in [6.07, 6.45) is 3.61. The molecular formula is C13H21NO4. The average molecular weight is 255 g/mol. The van der Waals surface area contributed by atoms with Crippen LogP contribution in [0.5, 0.6) is 0 Å². The van der Waals surface area contributed by atoms with Gasteiger partial charge in [0, 0.05) is 5.54 Å². The van der Waals surface area contributed by atoms with Crippen molar-refractivity contribution in [3.8, 4) is 0 Å². The van der Waals surface area contributed by atoms with Gasteiger partial charge in [0.25, 0.3) is 0 Å². The van der Waals surface area contributed by atoms with E-state index in [2.05, 4.69) is 0 Å². The molecule has 1 amide bonds. The molecule has 1 heterocycles. The third-order valence-electron chi connectivity index (χ3n) is 3.64. The van der Waals surface area contributed by atoms with Crippen LogP contribution in [0.1, 0.15) is 52.9 Å². The van der Waals surface area contributed by atoms with Crippen LogP contribution in [-0.2, 0) is 9.53 Å². The number of hydrogen-bond donors (Lipinski definition) is 1. The lowest BCUT2D eigenvalue weighted by Gasteiger charge is -2.41. The number of rotatable bonds is 1. The van der Waals surface area contributed by atoms with E-state index in [4.69, 9.17) is 4.74 Å². The monoisotopic (exact) mass is 255 g/mol. The molecule has 18 heavy (non-hydrogen) atoms. The van der Waals surface area contributed by atoms with Gasteiger partial charge in [0.1, 0.15) is 11.6 Å². The highest BCUT2D eigenvalue weighted by Gasteiger charge is 2.56. The predicted octanol–water partition coefficient (Wildman–Crippen LogP) is 2.39. The molecule has 2 aliphatic rings. The van der Waals surface area contributed by atoms with Crippen molar-refractivity contribution in [2.75, 3.05) is 0 Å². The van der Waals surface area contributed by atoms with Crippen LogP contribution in [0.2, 0.25) is 0 Å². The Morgan fingerprint density at radius 1 is 1.28 bits per heavy atom. The summed E-state index contributed by atoms with van der Waals surface area (Å²) in [5, 5.41) is 9.27. The molecule has 1 aliphatic heterocycles. The highest BCUT2D eigenvalue weighted by Crippen LogP contribution is 2.50. The van der Waals surface area contributed by atoms with Crippen molar-refractivity contribution in [3.63, 3.8) is 0 Å². The Morgan fingerprint density at radius 3 is 2.33 bits per heavy atom. The van der Waals surface area contributed by atoms with Crippen LogP contribution in [-0.4, -0.2) is 39.3 Å². The summed E-state index contributed by atoms with van der Waals surface area (Å²) in [6, 6.07) is -0.726. The Bertz CT molecular complexity index is 368. The van der Waals surface area contributed by atoms with E-state index in [1.54, 1.807) is 20.8 Å². The topological polar surface area (TPSA) is 66.8 Å².